The Bertz CT molecular complexity index is 830. The maximum absolute atomic E-state index is 11.8. The first-order valence-corrected chi connectivity index (χ1v) is 13.3. The first kappa shape index (κ1) is 23.6. The number of amides is 1. The molecule has 2 aliphatic rings. The highest BCUT2D eigenvalue weighted by Crippen LogP contribution is 2.41. The first-order valence-electron chi connectivity index (χ1n) is 10.2. The fourth-order valence-electron chi connectivity index (χ4n) is 3.58. The lowest BCUT2D eigenvalue weighted by atomic mass is 9.94. The summed E-state index contributed by atoms with van der Waals surface area (Å²) in [7, 11) is -0.719. The SMILES string of the molecule is CC1(C)Cc2cc([N+](=O)[O-])c(C3COC(CNC(=O)OCCS(C)(C)C)OC3)cc2O1. The summed E-state index contributed by atoms with van der Waals surface area (Å²) in [5.41, 5.74) is 1.05. The van der Waals surface area contributed by atoms with Crippen LogP contribution in [0.4, 0.5) is 10.5 Å². The molecule has 2 heterocycles. The van der Waals surface area contributed by atoms with Crippen LogP contribution >= 0.6 is 10.0 Å². The molecule has 1 N–H and O–H groups in total. The third-order valence-corrected chi connectivity index (χ3v) is 6.55. The number of nitro groups is 1. The number of ether oxygens (including phenoxy) is 4. The zero-order valence-electron chi connectivity index (χ0n) is 18.8. The van der Waals surface area contributed by atoms with Crippen LogP contribution in [0, 0.1) is 10.1 Å². The molecule has 1 saturated heterocycles. The Morgan fingerprint density at radius 1 is 1.29 bits per heavy atom. The average molecular weight is 457 g/mol. The predicted octanol–water partition coefficient (Wildman–Crippen LogP) is 3.19. The minimum atomic E-state index is -0.719. The number of hydrogen-bond acceptors (Lipinski definition) is 7. The van der Waals surface area contributed by atoms with Crippen LogP contribution < -0.4 is 10.1 Å². The molecule has 0 aromatic heterocycles. The van der Waals surface area contributed by atoms with Gasteiger partial charge in [-0.1, -0.05) is 0 Å². The van der Waals surface area contributed by atoms with E-state index in [9.17, 15) is 14.9 Å². The Morgan fingerprint density at radius 3 is 2.58 bits per heavy atom. The van der Waals surface area contributed by atoms with E-state index in [0.717, 1.165) is 11.3 Å². The second kappa shape index (κ2) is 9.22. The number of fused-ring (bicyclic) bond motifs is 1. The molecule has 2 aliphatic heterocycles. The molecule has 1 aromatic carbocycles. The summed E-state index contributed by atoms with van der Waals surface area (Å²) in [4.78, 5) is 23.1. The fraction of sp³-hybridized carbons (Fsp3) is 0.667. The lowest BCUT2D eigenvalue weighted by Gasteiger charge is -2.29. The van der Waals surface area contributed by atoms with Crippen LogP contribution in [-0.2, 0) is 20.6 Å². The number of carbonyl (C=O) groups excluding carboxylic acids is 1. The van der Waals surface area contributed by atoms with Gasteiger partial charge >= 0.3 is 6.09 Å². The van der Waals surface area contributed by atoms with Crippen molar-refractivity contribution in [3.05, 3.63) is 33.4 Å². The molecule has 0 saturated carbocycles. The van der Waals surface area contributed by atoms with Gasteiger partial charge in [0.05, 0.1) is 24.7 Å². The van der Waals surface area contributed by atoms with Gasteiger partial charge in [0.2, 0.25) is 0 Å². The normalized spacial score (nSPS) is 22.9. The molecule has 0 bridgehead atoms. The fourth-order valence-corrected chi connectivity index (χ4v) is 4.16. The van der Waals surface area contributed by atoms with Crippen molar-refractivity contribution in [3.8, 4) is 5.75 Å². The van der Waals surface area contributed by atoms with Crippen molar-refractivity contribution in [3.63, 3.8) is 0 Å². The molecule has 0 unspecified atom stereocenters. The van der Waals surface area contributed by atoms with Crippen molar-refractivity contribution in [2.24, 2.45) is 0 Å². The van der Waals surface area contributed by atoms with E-state index in [2.05, 4.69) is 24.1 Å². The molecule has 174 valence electrons. The van der Waals surface area contributed by atoms with E-state index in [0.29, 0.717) is 24.3 Å². The Balaban J connectivity index is 1.53. The van der Waals surface area contributed by atoms with Gasteiger partial charge in [-0.25, -0.2) is 14.8 Å². The quantitative estimate of drug-likeness (QED) is 0.496. The molecule has 31 heavy (non-hydrogen) atoms. The number of alkyl carbamates (subject to hydrolysis) is 1. The first-order chi connectivity index (χ1) is 14.4. The highest BCUT2D eigenvalue weighted by Gasteiger charge is 2.36. The van der Waals surface area contributed by atoms with Crippen LogP contribution in [0.1, 0.15) is 30.9 Å². The number of nitro benzene ring substituents is 1. The zero-order chi connectivity index (χ0) is 22.8. The maximum atomic E-state index is 11.8. The molecule has 0 spiro atoms. The topological polar surface area (TPSA) is 109 Å². The van der Waals surface area contributed by atoms with Crippen LogP contribution in [-0.4, -0.2) is 73.8 Å². The molecule has 3 rings (SSSR count). The van der Waals surface area contributed by atoms with E-state index in [1.807, 2.05) is 13.8 Å². The van der Waals surface area contributed by atoms with Crippen molar-refractivity contribution in [2.75, 3.05) is 50.9 Å². The van der Waals surface area contributed by atoms with Gasteiger partial charge in [0, 0.05) is 35.3 Å². The summed E-state index contributed by atoms with van der Waals surface area (Å²) < 4.78 is 22.5. The number of nitrogens with one attached hydrogen (secondary N) is 1. The second-order valence-electron chi connectivity index (χ2n) is 9.42. The number of nitrogens with zero attached hydrogens (tertiary/aromatic N) is 1. The minimum Gasteiger partial charge on any atom is -0.487 e. The summed E-state index contributed by atoms with van der Waals surface area (Å²) >= 11 is 0. The third-order valence-electron chi connectivity index (χ3n) is 5.16. The smallest absolute Gasteiger partial charge is 0.407 e. The lowest BCUT2D eigenvalue weighted by Crippen LogP contribution is -2.40. The van der Waals surface area contributed by atoms with Crippen LogP contribution in [0.2, 0.25) is 0 Å². The zero-order valence-corrected chi connectivity index (χ0v) is 19.6. The van der Waals surface area contributed by atoms with E-state index in [-0.39, 0.29) is 41.9 Å². The van der Waals surface area contributed by atoms with E-state index in [1.165, 1.54) is 0 Å². The molecule has 10 heteroatoms. The molecular formula is C21H32N2O7S. The highest BCUT2D eigenvalue weighted by molar-refractivity contribution is 8.32. The molecule has 1 amide bonds. The molecule has 0 aliphatic carbocycles. The summed E-state index contributed by atoms with van der Waals surface area (Å²) in [5.74, 6) is 1.23. The Morgan fingerprint density at radius 2 is 1.97 bits per heavy atom. The van der Waals surface area contributed by atoms with Gasteiger partial charge in [-0.15, -0.1) is 0 Å². The number of benzene rings is 1. The van der Waals surface area contributed by atoms with Gasteiger partial charge in [-0.2, -0.15) is 0 Å². The van der Waals surface area contributed by atoms with Crippen molar-refractivity contribution >= 4 is 21.8 Å². The van der Waals surface area contributed by atoms with Crippen molar-refractivity contribution in [1.82, 2.24) is 5.32 Å². The van der Waals surface area contributed by atoms with Crippen LogP contribution in [0.25, 0.3) is 0 Å². The summed E-state index contributed by atoms with van der Waals surface area (Å²) in [6, 6.07) is 3.34. The van der Waals surface area contributed by atoms with Gasteiger partial charge in [0.25, 0.3) is 5.69 Å². The average Bonchev–Trinajstić information content (AvgIpc) is 2.97. The van der Waals surface area contributed by atoms with E-state index >= 15 is 0 Å². The van der Waals surface area contributed by atoms with Crippen LogP contribution in [0.15, 0.2) is 12.1 Å². The van der Waals surface area contributed by atoms with E-state index in [4.69, 9.17) is 18.9 Å². The number of rotatable bonds is 7. The maximum Gasteiger partial charge on any atom is 0.407 e. The van der Waals surface area contributed by atoms with Crippen molar-refractivity contribution in [2.45, 2.75) is 38.1 Å². The number of hydrogen-bond donors (Lipinski definition) is 1. The Labute approximate surface area is 184 Å². The molecule has 0 atom stereocenters. The summed E-state index contributed by atoms with van der Waals surface area (Å²) in [6.07, 6.45) is 5.97. The van der Waals surface area contributed by atoms with Gasteiger partial charge in [0.15, 0.2) is 6.29 Å². The minimum absolute atomic E-state index is 0.0541. The lowest BCUT2D eigenvalue weighted by molar-refractivity contribution is -0.386. The van der Waals surface area contributed by atoms with Crippen molar-refractivity contribution < 1.29 is 28.7 Å². The summed E-state index contributed by atoms with van der Waals surface area (Å²) in [5, 5.41) is 14.3. The molecule has 0 radical (unpaired) electrons. The third kappa shape index (κ3) is 6.47. The van der Waals surface area contributed by atoms with E-state index in [1.54, 1.807) is 12.1 Å². The molecular weight excluding hydrogens is 424 g/mol. The second-order valence-corrected chi connectivity index (χ2v) is 14.0. The van der Waals surface area contributed by atoms with Gasteiger partial charge < -0.3 is 24.3 Å². The van der Waals surface area contributed by atoms with Crippen molar-refractivity contribution in [1.29, 1.82) is 0 Å². The Hall–Kier alpha value is -2.04. The van der Waals surface area contributed by atoms with Gasteiger partial charge in [0.1, 0.15) is 18.0 Å². The molecule has 9 nitrogen and oxygen atoms in total. The van der Waals surface area contributed by atoms with Gasteiger partial charge in [-0.3, -0.25) is 10.1 Å². The van der Waals surface area contributed by atoms with Crippen LogP contribution in [0.3, 0.4) is 0 Å². The largest absolute Gasteiger partial charge is 0.487 e. The highest BCUT2D eigenvalue weighted by atomic mass is 32.3. The van der Waals surface area contributed by atoms with Gasteiger partial charge in [-0.05, 0) is 38.7 Å². The van der Waals surface area contributed by atoms with Crippen LogP contribution in [0.5, 0.6) is 5.75 Å². The Kier molecular flexibility index (Phi) is 7.02. The molecule has 1 fully saturated rings. The predicted molar refractivity (Wildman–Crippen MR) is 120 cm³/mol. The number of carbonyl (C=O) groups is 1. The molecule has 1 aromatic rings. The summed E-state index contributed by atoms with van der Waals surface area (Å²) in [6.45, 7) is 4.93. The monoisotopic (exact) mass is 456 g/mol. The van der Waals surface area contributed by atoms with E-state index < -0.39 is 22.4 Å². The standard InChI is InChI=1S/C21H32N2O7S/c1-21(2)10-14-8-17(23(25)26)16(9-18(14)30-21)15-12-28-19(29-13-15)11-22-20(24)27-6-7-31(3,4)5/h8-9,15,19H,6-7,10-13H2,1-5H3,(H,22,24).